The Kier molecular flexibility index (Phi) is 4.19. The van der Waals surface area contributed by atoms with Crippen LogP contribution in [0.15, 0.2) is 18.3 Å². The number of hydrogen-bond donors (Lipinski definition) is 1. The fourth-order valence-corrected chi connectivity index (χ4v) is 3.17. The predicted molar refractivity (Wildman–Crippen MR) is 80.0 cm³/mol. The van der Waals surface area contributed by atoms with Gasteiger partial charge in [-0.15, -0.1) is 0 Å². The van der Waals surface area contributed by atoms with Crippen molar-refractivity contribution in [2.45, 2.75) is 51.0 Å². The molecule has 1 aromatic heterocycles. The maximum atomic E-state index is 12.2. The quantitative estimate of drug-likeness (QED) is 0.921. The van der Waals surface area contributed by atoms with E-state index < -0.39 is 0 Å². The molecule has 1 aliphatic carbocycles. The number of carbonyl (C=O) groups is 1. The van der Waals surface area contributed by atoms with E-state index in [4.69, 9.17) is 0 Å². The number of nitrogens with zero attached hydrogens (tertiary/aromatic N) is 2. The topological polar surface area (TPSA) is 45.2 Å². The van der Waals surface area contributed by atoms with Crippen molar-refractivity contribution in [2.75, 3.05) is 18.0 Å². The van der Waals surface area contributed by atoms with E-state index in [1.54, 1.807) is 6.20 Å². The van der Waals surface area contributed by atoms with E-state index in [0.717, 1.165) is 31.7 Å². The van der Waals surface area contributed by atoms with Gasteiger partial charge >= 0.3 is 0 Å². The van der Waals surface area contributed by atoms with Gasteiger partial charge in [-0.25, -0.2) is 4.98 Å². The lowest BCUT2D eigenvalue weighted by Crippen LogP contribution is -2.36. The summed E-state index contributed by atoms with van der Waals surface area (Å²) in [6, 6.07) is 4.23. The van der Waals surface area contributed by atoms with Crippen LogP contribution in [0.3, 0.4) is 0 Å². The third-order valence-corrected chi connectivity index (χ3v) is 4.38. The molecule has 1 N–H and O–H groups in total. The van der Waals surface area contributed by atoms with Crippen molar-refractivity contribution in [3.63, 3.8) is 0 Å². The molecule has 20 heavy (non-hydrogen) atoms. The molecule has 0 aromatic carbocycles. The van der Waals surface area contributed by atoms with Gasteiger partial charge in [0.1, 0.15) is 5.82 Å². The number of nitrogens with one attached hydrogen (secondary N) is 1. The van der Waals surface area contributed by atoms with Crippen LogP contribution in [0.4, 0.5) is 5.82 Å². The summed E-state index contributed by atoms with van der Waals surface area (Å²) in [7, 11) is 0. The molecular weight excluding hydrogens is 250 g/mol. The SMILES string of the molecule is O=C(NC1CCCCC1)c1ccc(N2CCCC2)nc1. The molecule has 0 spiro atoms. The first-order valence-corrected chi connectivity index (χ1v) is 7.85. The Hall–Kier alpha value is -1.58. The van der Waals surface area contributed by atoms with Crippen LogP contribution in [0, 0.1) is 0 Å². The molecule has 4 heteroatoms. The van der Waals surface area contributed by atoms with Crippen LogP contribution in [0.25, 0.3) is 0 Å². The molecule has 1 amide bonds. The maximum Gasteiger partial charge on any atom is 0.253 e. The van der Waals surface area contributed by atoms with Gasteiger partial charge in [0.15, 0.2) is 0 Å². The highest BCUT2D eigenvalue weighted by Gasteiger charge is 2.18. The highest BCUT2D eigenvalue weighted by atomic mass is 16.1. The normalized spacial score (nSPS) is 20.1. The van der Waals surface area contributed by atoms with E-state index in [9.17, 15) is 4.79 Å². The fraction of sp³-hybridized carbons (Fsp3) is 0.625. The van der Waals surface area contributed by atoms with Gasteiger partial charge in [-0.1, -0.05) is 19.3 Å². The summed E-state index contributed by atoms with van der Waals surface area (Å²) in [6.07, 6.45) is 10.2. The van der Waals surface area contributed by atoms with Crippen LogP contribution in [0.5, 0.6) is 0 Å². The average Bonchev–Trinajstić information content (AvgIpc) is 3.03. The molecule has 2 aliphatic rings. The second-order valence-corrected chi connectivity index (χ2v) is 5.91. The van der Waals surface area contributed by atoms with Gasteiger partial charge in [-0.3, -0.25) is 4.79 Å². The van der Waals surface area contributed by atoms with Gasteiger partial charge in [-0.2, -0.15) is 0 Å². The molecule has 0 unspecified atom stereocenters. The highest BCUT2D eigenvalue weighted by molar-refractivity contribution is 5.94. The largest absolute Gasteiger partial charge is 0.357 e. The first-order valence-electron chi connectivity index (χ1n) is 7.85. The number of carbonyl (C=O) groups excluding carboxylic acids is 1. The number of hydrogen-bond acceptors (Lipinski definition) is 3. The van der Waals surface area contributed by atoms with Crippen molar-refractivity contribution in [3.05, 3.63) is 23.9 Å². The number of amides is 1. The van der Waals surface area contributed by atoms with Gasteiger partial charge in [0.2, 0.25) is 0 Å². The summed E-state index contributed by atoms with van der Waals surface area (Å²) in [6.45, 7) is 2.17. The summed E-state index contributed by atoms with van der Waals surface area (Å²) in [5.74, 6) is 1.02. The van der Waals surface area contributed by atoms with Crippen molar-refractivity contribution >= 4 is 11.7 Å². The van der Waals surface area contributed by atoms with Crippen molar-refractivity contribution in [3.8, 4) is 0 Å². The summed E-state index contributed by atoms with van der Waals surface area (Å²) in [5, 5.41) is 3.13. The number of pyridine rings is 1. The molecule has 108 valence electrons. The Morgan fingerprint density at radius 3 is 2.50 bits per heavy atom. The lowest BCUT2D eigenvalue weighted by molar-refractivity contribution is 0.0927. The molecule has 1 aromatic rings. The van der Waals surface area contributed by atoms with E-state index in [1.807, 2.05) is 12.1 Å². The van der Waals surface area contributed by atoms with E-state index in [-0.39, 0.29) is 5.91 Å². The van der Waals surface area contributed by atoms with E-state index in [0.29, 0.717) is 11.6 Å². The summed E-state index contributed by atoms with van der Waals surface area (Å²) >= 11 is 0. The minimum atomic E-state index is 0.0253. The maximum absolute atomic E-state index is 12.2. The van der Waals surface area contributed by atoms with Gasteiger partial charge in [-0.05, 0) is 37.8 Å². The smallest absolute Gasteiger partial charge is 0.253 e. The van der Waals surface area contributed by atoms with Crippen LogP contribution >= 0.6 is 0 Å². The lowest BCUT2D eigenvalue weighted by atomic mass is 9.95. The zero-order valence-corrected chi connectivity index (χ0v) is 12.0. The van der Waals surface area contributed by atoms with E-state index >= 15 is 0 Å². The summed E-state index contributed by atoms with van der Waals surface area (Å²) in [4.78, 5) is 18.9. The van der Waals surface area contributed by atoms with Gasteiger partial charge in [0, 0.05) is 25.3 Å². The summed E-state index contributed by atoms with van der Waals surface area (Å²) in [5.41, 5.74) is 0.679. The van der Waals surface area contributed by atoms with Crippen LogP contribution in [0.1, 0.15) is 55.3 Å². The Morgan fingerprint density at radius 2 is 1.85 bits per heavy atom. The summed E-state index contributed by atoms with van der Waals surface area (Å²) < 4.78 is 0. The fourth-order valence-electron chi connectivity index (χ4n) is 3.17. The van der Waals surface area contributed by atoms with Crippen molar-refractivity contribution < 1.29 is 4.79 Å². The average molecular weight is 273 g/mol. The van der Waals surface area contributed by atoms with E-state index in [2.05, 4.69) is 15.2 Å². The minimum Gasteiger partial charge on any atom is -0.357 e. The van der Waals surface area contributed by atoms with Crippen molar-refractivity contribution in [1.29, 1.82) is 0 Å². The molecule has 4 nitrogen and oxygen atoms in total. The molecule has 0 bridgehead atoms. The number of aromatic nitrogens is 1. The molecule has 2 fully saturated rings. The Balaban J connectivity index is 1.59. The predicted octanol–water partition coefficient (Wildman–Crippen LogP) is 2.74. The zero-order valence-electron chi connectivity index (χ0n) is 12.0. The number of anilines is 1. The first-order chi connectivity index (χ1) is 9.83. The van der Waals surface area contributed by atoms with E-state index in [1.165, 1.54) is 32.1 Å². The van der Waals surface area contributed by atoms with Gasteiger partial charge < -0.3 is 10.2 Å². The lowest BCUT2D eigenvalue weighted by Gasteiger charge is -2.22. The van der Waals surface area contributed by atoms with Crippen LogP contribution in [0.2, 0.25) is 0 Å². The monoisotopic (exact) mass is 273 g/mol. The molecule has 2 heterocycles. The van der Waals surface area contributed by atoms with Gasteiger partial charge in [0.05, 0.1) is 5.56 Å². The third-order valence-electron chi connectivity index (χ3n) is 4.38. The molecule has 0 atom stereocenters. The Morgan fingerprint density at radius 1 is 1.10 bits per heavy atom. The minimum absolute atomic E-state index is 0.0253. The molecule has 1 aliphatic heterocycles. The Bertz CT molecular complexity index is 445. The van der Waals surface area contributed by atoms with Gasteiger partial charge in [0.25, 0.3) is 5.91 Å². The van der Waals surface area contributed by atoms with Crippen LogP contribution in [-0.4, -0.2) is 30.0 Å². The van der Waals surface area contributed by atoms with Crippen LogP contribution < -0.4 is 10.2 Å². The second-order valence-electron chi connectivity index (χ2n) is 5.91. The Labute approximate surface area is 120 Å². The first kappa shape index (κ1) is 13.4. The van der Waals surface area contributed by atoms with Crippen molar-refractivity contribution in [1.82, 2.24) is 10.3 Å². The molecule has 1 saturated carbocycles. The molecular formula is C16H23N3O. The zero-order chi connectivity index (χ0) is 13.8. The molecule has 1 saturated heterocycles. The third kappa shape index (κ3) is 3.11. The van der Waals surface area contributed by atoms with Crippen LogP contribution in [-0.2, 0) is 0 Å². The highest BCUT2D eigenvalue weighted by Crippen LogP contribution is 2.19. The standard InChI is InChI=1S/C16H23N3O/c20-16(18-14-6-2-1-3-7-14)13-8-9-15(17-12-13)19-10-4-5-11-19/h8-9,12,14H,1-7,10-11H2,(H,18,20). The molecule has 0 radical (unpaired) electrons. The number of rotatable bonds is 3. The second kappa shape index (κ2) is 6.25. The van der Waals surface area contributed by atoms with Crippen molar-refractivity contribution in [2.24, 2.45) is 0 Å². The molecule has 3 rings (SSSR count).